The molecule has 0 N–H and O–H groups in total. The molecule has 1 aromatic heterocycles. The number of ether oxygens (including phenoxy) is 2. The zero-order valence-electron chi connectivity index (χ0n) is 12.5. The van der Waals surface area contributed by atoms with Crippen LogP contribution in [0.5, 0.6) is 11.8 Å². The first-order valence-corrected chi connectivity index (χ1v) is 6.76. The minimum atomic E-state index is -5.69. The van der Waals surface area contributed by atoms with Crippen LogP contribution in [0.3, 0.4) is 0 Å². The van der Waals surface area contributed by atoms with Crippen molar-refractivity contribution >= 4 is 0 Å². The number of hydrogen-bond donors (Lipinski definition) is 0. The van der Waals surface area contributed by atoms with E-state index in [0.29, 0.717) is 0 Å². The molecule has 0 spiro atoms. The Morgan fingerprint density at radius 2 is 1.50 bits per heavy atom. The summed E-state index contributed by atoms with van der Waals surface area (Å²) < 4.78 is 72.1. The van der Waals surface area contributed by atoms with Gasteiger partial charge in [0, 0.05) is 0 Å². The molecule has 0 aliphatic rings. The monoisotopic (exact) mass is 348 g/mol. The van der Waals surface area contributed by atoms with Crippen LogP contribution < -0.4 is 9.47 Å². The fourth-order valence-electron chi connectivity index (χ4n) is 1.68. The van der Waals surface area contributed by atoms with Crippen LogP contribution in [0.25, 0.3) is 0 Å². The number of nitrogens with zero attached hydrogens (tertiary/aromatic N) is 2. The van der Waals surface area contributed by atoms with E-state index in [9.17, 15) is 22.0 Å². The van der Waals surface area contributed by atoms with Crippen molar-refractivity contribution in [3.8, 4) is 11.8 Å². The maximum Gasteiger partial charge on any atom is 0.456 e. The van der Waals surface area contributed by atoms with E-state index in [1.165, 1.54) is 6.92 Å². The van der Waals surface area contributed by atoms with E-state index >= 15 is 0 Å². The van der Waals surface area contributed by atoms with Crippen LogP contribution in [0.4, 0.5) is 22.0 Å². The minimum Gasteiger partial charge on any atom is -0.472 e. The van der Waals surface area contributed by atoms with Crippen molar-refractivity contribution < 1.29 is 31.4 Å². The molecular weight excluding hydrogens is 335 g/mol. The highest BCUT2D eigenvalue weighted by atomic mass is 19.4. The summed E-state index contributed by atoms with van der Waals surface area (Å²) in [5.74, 6) is -5.33. The Balaban J connectivity index is 2.05. The lowest BCUT2D eigenvalue weighted by Crippen LogP contribution is -2.42. The highest BCUT2D eigenvalue weighted by Gasteiger charge is 2.58. The van der Waals surface area contributed by atoms with E-state index in [2.05, 4.69) is 14.7 Å². The third kappa shape index (κ3) is 4.30. The summed E-state index contributed by atoms with van der Waals surface area (Å²) in [6, 6.07) is 9.04. The molecule has 24 heavy (non-hydrogen) atoms. The second-order valence-corrected chi connectivity index (χ2v) is 4.87. The van der Waals surface area contributed by atoms with Gasteiger partial charge < -0.3 is 9.47 Å². The molecule has 0 bridgehead atoms. The molecule has 0 saturated heterocycles. The molecule has 2 rings (SSSR count). The fraction of sp³-hybridized carbons (Fsp3) is 0.333. The molecule has 0 unspecified atom stereocenters. The highest BCUT2D eigenvalue weighted by molar-refractivity contribution is 5.33. The van der Waals surface area contributed by atoms with E-state index in [0.717, 1.165) is 11.9 Å². The molecule has 130 valence electrons. The predicted octanol–water partition coefficient (Wildman–Crippen LogP) is 3.94. The Morgan fingerprint density at radius 3 is 2.08 bits per heavy atom. The van der Waals surface area contributed by atoms with Crippen LogP contribution in [0.2, 0.25) is 0 Å². The molecule has 1 aromatic carbocycles. The van der Waals surface area contributed by atoms with Crippen LogP contribution in [-0.2, 0) is 6.61 Å². The second-order valence-electron chi connectivity index (χ2n) is 4.87. The molecule has 0 atom stereocenters. The molecule has 0 radical (unpaired) electrons. The third-order valence-corrected chi connectivity index (χ3v) is 3.01. The number of aromatic nitrogens is 2. The van der Waals surface area contributed by atoms with Gasteiger partial charge in [0.25, 0.3) is 0 Å². The normalized spacial score (nSPS) is 12.1. The van der Waals surface area contributed by atoms with Crippen LogP contribution in [0, 0.1) is 6.92 Å². The molecular formula is C15H13F5N2O2. The predicted molar refractivity (Wildman–Crippen MR) is 74.0 cm³/mol. The van der Waals surface area contributed by atoms with Gasteiger partial charge in [-0.2, -0.15) is 22.0 Å². The van der Waals surface area contributed by atoms with Gasteiger partial charge in [-0.15, -0.1) is 0 Å². The molecule has 0 amide bonds. The molecule has 0 saturated carbocycles. The first-order chi connectivity index (χ1) is 11.2. The number of benzene rings is 1. The van der Waals surface area contributed by atoms with Crippen molar-refractivity contribution in [2.24, 2.45) is 0 Å². The zero-order valence-corrected chi connectivity index (χ0v) is 12.5. The fourth-order valence-corrected chi connectivity index (χ4v) is 1.68. The van der Waals surface area contributed by atoms with Crippen molar-refractivity contribution in [1.82, 2.24) is 9.97 Å². The number of alkyl halides is 5. The summed E-state index contributed by atoms with van der Waals surface area (Å²) in [5, 5.41) is 0. The first-order valence-electron chi connectivity index (χ1n) is 6.76. The maximum absolute atomic E-state index is 12.9. The summed E-state index contributed by atoms with van der Waals surface area (Å²) in [7, 11) is 0. The van der Waals surface area contributed by atoms with E-state index in [4.69, 9.17) is 4.74 Å². The molecule has 0 aliphatic carbocycles. The number of rotatable bonds is 6. The lowest BCUT2D eigenvalue weighted by molar-refractivity contribution is -0.290. The van der Waals surface area contributed by atoms with Crippen LogP contribution >= 0.6 is 0 Å². The Labute approximate surface area is 134 Å². The summed E-state index contributed by atoms with van der Waals surface area (Å²) in [4.78, 5) is 7.39. The van der Waals surface area contributed by atoms with E-state index in [1.807, 2.05) is 6.07 Å². The molecule has 1 heterocycles. The SMILES string of the molecule is Cc1c(OCc2ccccc2)ncnc1OCC(F)(F)C(F)(F)F. The average molecular weight is 348 g/mol. The van der Waals surface area contributed by atoms with Crippen LogP contribution in [-0.4, -0.2) is 28.7 Å². The topological polar surface area (TPSA) is 44.2 Å². The Hall–Kier alpha value is -2.45. The summed E-state index contributed by atoms with van der Waals surface area (Å²) in [5.41, 5.74) is 0.966. The van der Waals surface area contributed by atoms with E-state index in [1.54, 1.807) is 24.3 Å². The average Bonchev–Trinajstić information content (AvgIpc) is 2.52. The van der Waals surface area contributed by atoms with Gasteiger partial charge in [-0.3, -0.25) is 0 Å². The van der Waals surface area contributed by atoms with Gasteiger partial charge in [0.2, 0.25) is 11.8 Å². The Morgan fingerprint density at radius 1 is 0.917 bits per heavy atom. The Kier molecular flexibility index (Phi) is 5.20. The standard InChI is InChI=1S/C15H13F5N2O2/c1-10-12(23-7-11-5-3-2-4-6-11)21-9-22-13(10)24-8-14(16,17)15(18,19)20/h2-6,9H,7-8H2,1H3. The molecule has 9 heteroatoms. The van der Waals surface area contributed by atoms with Crippen molar-refractivity contribution in [2.45, 2.75) is 25.6 Å². The molecule has 0 aliphatic heterocycles. The number of hydrogen-bond acceptors (Lipinski definition) is 4. The largest absolute Gasteiger partial charge is 0.472 e. The molecule has 4 nitrogen and oxygen atoms in total. The van der Waals surface area contributed by atoms with Gasteiger partial charge >= 0.3 is 12.1 Å². The van der Waals surface area contributed by atoms with Crippen LogP contribution in [0.15, 0.2) is 36.7 Å². The number of halogens is 5. The molecule has 0 fully saturated rings. The highest BCUT2D eigenvalue weighted by Crippen LogP contribution is 2.36. The molecule has 2 aromatic rings. The van der Waals surface area contributed by atoms with E-state index in [-0.39, 0.29) is 18.1 Å². The van der Waals surface area contributed by atoms with Gasteiger partial charge in [-0.1, -0.05) is 30.3 Å². The third-order valence-electron chi connectivity index (χ3n) is 3.01. The van der Waals surface area contributed by atoms with Gasteiger partial charge in [0.05, 0.1) is 5.56 Å². The lowest BCUT2D eigenvalue weighted by atomic mass is 10.2. The second kappa shape index (κ2) is 6.98. The quantitative estimate of drug-likeness (QED) is 0.742. The van der Waals surface area contributed by atoms with Gasteiger partial charge in [-0.25, -0.2) is 9.97 Å². The van der Waals surface area contributed by atoms with Gasteiger partial charge in [-0.05, 0) is 12.5 Å². The minimum absolute atomic E-state index is 0.0409. The smallest absolute Gasteiger partial charge is 0.456 e. The van der Waals surface area contributed by atoms with Crippen molar-refractivity contribution in [2.75, 3.05) is 6.61 Å². The lowest BCUT2D eigenvalue weighted by Gasteiger charge is -2.20. The van der Waals surface area contributed by atoms with Crippen molar-refractivity contribution in [3.05, 3.63) is 47.8 Å². The van der Waals surface area contributed by atoms with Crippen molar-refractivity contribution in [1.29, 1.82) is 0 Å². The summed E-state index contributed by atoms with van der Waals surface area (Å²) in [6.07, 6.45) is -4.73. The van der Waals surface area contributed by atoms with Gasteiger partial charge in [0.15, 0.2) is 6.61 Å². The maximum atomic E-state index is 12.9. The summed E-state index contributed by atoms with van der Waals surface area (Å²) >= 11 is 0. The van der Waals surface area contributed by atoms with E-state index < -0.39 is 24.6 Å². The first kappa shape index (κ1) is 17.9. The van der Waals surface area contributed by atoms with Crippen LogP contribution in [0.1, 0.15) is 11.1 Å². The summed E-state index contributed by atoms with van der Waals surface area (Å²) in [6.45, 7) is -0.315. The van der Waals surface area contributed by atoms with Crippen molar-refractivity contribution in [3.63, 3.8) is 0 Å². The Bertz CT molecular complexity index is 677. The zero-order chi connectivity index (χ0) is 17.8. The van der Waals surface area contributed by atoms with Gasteiger partial charge in [0.1, 0.15) is 12.9 Å².